The molecule has 0 aromatic carbocycles. The standard InChI is InChI=1S/C14H25N7/c15-12-17-13(16-6-11-20-7-4-5-8-20)19-14(18-12)21-9-2-1-3-10-21/h1-11H2,(H3,15,16,17,18,19). The molecule has 0 amide bonds. The Bertz CT molecular complexity index is 453. The van der Waals surface area contributed by atoms with Crippen molar-refractivity contribution in [1.82, 2.24) is 19.9 Å². The van der Waals surface area contributed by atoms with E-state index >= 15 is 0 Å². The summed E-state index contributed by atoms with van der Waals surface area (Å²) < 4.78 is 0. The summed E-state index contributed by atoms with van der Waals surface area (Å²) in [7, 11) is 0. The number of nitrogens with zero attached hydrogens (tertiary/aromatic N) is 5. The molecule has 0 radical (unpaired) electrons. The zero-order chi connectivity index (χ0) is 14.5. The molecule has 2 saturated heterocycles. The first-order valence-corrected chi connectivity index (χ1v) is 8.04. The van der Waals surface area contributed by atoms with Gasteiger partial charge in [0.2, 0.25) is 17.8 Å². The molecule has 0 bridgehead atoms. The molecule has 2 aliphatic rings. The van der Waals surface area contributed by atoms with Crippen molar-refractivity contribution in [2.24, 2.45) is 0 Å². The zero-order valence-corrected chi connectivity index (χ0v) is 12.6. The van der Waals surface area contributed by atoms with Crippen LogP contribution in [0.5, 0.6) is 0 Å². The fourth-order valence-electron chi connectivity index (χ4n) is 3.03. The van der Waals surface area contributed by atoms with E-state index in [9.17, 15) is 0 Å². The predicted octanol–water partition coefficient (Wildman–Crippen LogP) is 0.952. The summed E-state index contributed by atoms with van der Waals surface area (Å²) >= 11 is 0. The van der Waals surface area contributed by atoms with Crippen LogP contribution in [0.1, 0.15) is 32.1 Å². The Morgan fingerprint density at radius 1 is 0.905 bits per heavy atom. The Balaban J connectivity index is 1.57. The largest absolute Gasteiger partial charge is 0.368 e. The molecule has 0 atom stereocenters. The average Bonchev–Trinajstić information content (AvgIpc) is 3.01. The second kappa shape index (κ2) is 6.89. The topological polar surface area (TPSA) is 83.2 Å². The maximum absolute atomic E-state index is 5.82. The highest BCUT2D eigenvalue weighted by Gasteiger charge is 2.16. The van der Waals surface area contributed by atoms with Gasteiger partial charge in [0, 0.05) is 26.2 Å². The summed E-state index contributed by atoms with van der Waals surface area (Å²) in [6, 6.07) is 0. The summed E-state index contributed by atoms with van der Waals surface area (Å²) in [5, 5.41) is 3.28. The number of hydrogen-bond donors (Lipinski definition) is 2. The van der Waals surface area contributed by atoms with E-state index in [2.05, 4.69) is 30.1 Å². The normalized spacial score (nSPS) is 19.9. The second-order valence-corrected chi connectivity index (χ2v) is 5.84. The molecule has 0 aliphatic carbocycles. The van der Waals surface area contributed by atoms with E-state index in [0.29, 0.717) is 17.8 Å². The molecule has 2 fully saturated rings. The first-order valence-electron chi connectivity index (χ1n) is 8.04. The predicted molar refractivity (Wildman–Crippen MR) is 84.5 cm³/mol. The number of nitrogens with two attached hydrogens (primary N) is 1. The van der Waals surface area contributed by atoms with Crippen LogP contribution in [0, 0.1) is 0 Å². The van der Waals surface area contributed by atoms with Gasteiger partial charge in [-0.1, -0.05) is 0 Å². The fraction of sp³-hybridized carbons (Fsp3) is 0.786. The Labute approximate surface area is 126 Å². The zero-order valence-electron chi connectivity index (χ0n) is 12.6. The fourth-order valence-corrected chi connectivity index (χ4v) is 3.03. The molecule has 3 N–H and O–H groups in total. The van der Waals surface area contributed by atoms with Gasteiger partial charge in [-0.2, -0.15) is 15.0 Å². The minimum absolute atomic E-state index is 0.300. The number of piperidine rings is 1. The third-order valence-corrected chi connectivity index (χ3v) is 4.19. The van der Waals surface area contributed by atoms with Gasteiger partial charge in [-0.3, -0.25) is 0 Å². The molecule has 3 rings (SSSR count). The van der Waals surface area contributed by atoms with Crippen molar-refractivity contribution >= 4 is 17.8 Å². The third kappa shape index (κ3) is 3.93. The van der Waals surface area contributed by atoms with Gasteiger partial charge in [-0.15, -0.1) is 0 Å². The number of likely N-dealkylation sites (tertiary alicyclic amines) is 1. The van der Waals surface area contributed by atoms with Crippen LogP contribution >= 0.6 is 0 Å². The summed E-state index contributed by atoms with van der Waals surface area (Å²) in [6.45, 7) is 6.32. The van der Waals surface area contributed by atoms with E-state index in [1.54, 1.807) is 0 Å². The highest BCUT2D eigenvalue weighted by Crippen LogP contribution is 2.17. The van der Waals surface area contributed by atoms with Gasteiger partial charge in [0.1, 0.15) is 0 Å². The lowest BCUT2D eigenvalue weighted by molar-refractivity contribution is 0.352. The van der Waals surface area contributed by atoms with E-state index in [4.69, 9.17) is 5.73 Å². The van der Waals surface area contributed by atoms with Gasteiger partial charge in [0.25, 0.3) is 0 Å². The smallest absolute Gasteiger partial charge is 0.231 e. The third-order valence-electron chi connectivity index (χ3n) is 4.19. The van der Waals surface area contributed by atoms with Crippen LogP contribution in [0.25, 0.3) is 0 Å². The van der Waals surface area contributed by atoms with Crippen LogP contribution in [-0.4, -0.2) is 59.1 Å². The van der Waals surface area contributed by atoms with Crippen LogP contribution < -0.4 is 16.0 Å². The molecule has 3 heterocycles. The van der Waals surface area contributed by atoms with Crippen LogP contribution in [0.3, 0.4) is 0 Å². The van der Waals surface area contributed by atoms with Gasteiger partial charge in [-0.05, 0) is 45.2 Å². The molecule has 1 aromatic heterocycles. The van der Waals surface area contributed by atoms with Crippen LogP contribution in [0.4, 0.5) is 17.8 Å². The monoisotopic (exact) mass is 291 g/mol. The summed E-state index contributed by atoms with van der Waals surface area (Å²) in [5.41, 5.74) is 5.82. The van der Waals surface area contributed by atoms with Crippen molar-refractivity contribution in [3.63, 3.8) is 0 Å². The minimum Gasteiger partial charge on any atom is -0.368 e. The maximum atomic E-state index is 5.82. The molecule has 7 nitrogen and oxygen atoms in total. The molecule has 1 aromatic rings. The quantitative estimate of drug-likeness (QED) is 0.835. The molecule has 0 spiro atoms. The highest BCUT2D eigenvalue weighted by molar-refractivity contribution is 5.42. The first-order chi connectivity index (χ1) is 10.3. The SMILES string of the molecule is Nc1nc(NCCN2CCCC2)nc(N2CCCCC2)n1. The Hall–Kier alpha value is -1.63. The van der Waals surface area contributed by atoms with Crippen LogP contribution in [0.2, 0.25) is 0 Å². The molecule has 0 saturated carbocycles. The number of hydrogen-bond acceptors (Lipinski definition) is 7. The van der Waals surface area contributed by atoms with E-state index < -0.39 is 0 Å². The van der Waals surface area contributed by atoms with Gasteiger partial charge < -0.3 is 20.9 Å². The van der Waals surface area contributed by atoms with E-state index in [0.717, 1.165) is 26.2 Å². The number of nitrogens with one attached hydrogen (secondary N) is 1. The minimum atomic E-state index is 0.300. The molecule has 0 unspecified atom stereocenters. The molecule has 7 heteroatoms. The average molecular weight is 291 g/mol. The van der Waals surface area contributed by atoms with Gasteiger partial charge >= 0.3 is 0 Å². The molecule has 116 valence electrons. The second-order valence-electron chi connectivity index (χ2n) is 5.84. The molecule has 21 heavy (non-hydrogen) atoms. The summed E-state index contributed by atoms with van der Waals surface area (Å²) in [6.07, 6.45) is 6.32. The summed E-state index contributed by atoms with van der Waals surface area (Å²) in [5.74, 6) is 1.61. The molecule has 2 aliphatic heterocycles. The first kappa shape index (κ1) is 14.3. The van der Waals surface area contributed by atoms with E-state index in [1.165, 1.54) is 45.2 Å². The number of nitrogen functional groups attached to an aromatic ring is 1. The van der Waals surface area contributed by atoms with Crippen molar-refractivity contribution in [3.8, 4) is 0 Å². The van der Waals surface area contributed by atoms with Crippen LogP contribution in [0.15, 0.2) is 0 Å². The van der Waals surface area contributed by atoms with Gasteiger partial charge in [0.05, 0.1) is 0 Å². The number of anilines is 3. The van der Waals surface area contributed by atoms with Gasteiger partial charge in [-0.25, -0.2) is 0 Å². The Morgan fingerprint density at radius 3 is 2.38 bits per heavy atom. The van der Waals surface area contributed by atoms with Crippen LogP contribution in [-0.2, 0) is 0 Å². The Morgan fingerprint density at radius 2 is 1.62 bits per heavy atom. The van der Waals surface area contributed by atoms with Crippen molar-refractivity contribution in [2.75, 3.05) is 55.2 Å². The van der Waals surface area contributed by atoms with Crippen molar-refractivity contribution < 1.29 is 0 Å². The lowest BCUT2D eigenvalue weighted by atomic mass is 10.1. The highest BCUT2D eigenvalue weighted by atomic mass is 15.3. The lowest BCUT2D eigenvalue weighted by Crippen LogP contribution is -2.32. The molecular formula is C14H25N7. The number of aromatic nitrogens is 3. The van der Waals surface area contributed by atoms with Crippen molar-refractivity contribution in [1.29, 1.82) is 0 Å². The maximum Gasteiger partial charge on any atom is 0.231 e. The molecular weight excluding hydrogens is 266 g/mol. The van der Waals surface area contributed by atoms with Crippen molar-refractivity contribution in [2.45, 2.75) is 32.1 Å². The van der Waals surface area contributed by atoms with Gasteiger partial charge in [0.15, 0.2) is 0 Å². The summed E-state index contributed by atoms with van der Waals surface area (Å²) in [4.78, 5) is 17.6. The Kier molecular flexibility index (Phi) is 4.69. The lowest BCUT2D eigenvalue weighted by Gasteiger charge is -2.26. The number of rotatable bonds is 5. The van der Waals surface area contributed by atoms with Crippen molar-refractivity contribution in [3.05, 3.63) is 0 Å². The van der Waals surface area contributed by atoms with E-state index in [1.807, 2.05) is 0 Å². The van der Waals surface area contributed by atoms with E-state index in [-0.39, 0.29) is 0 Å².